The molecule has 0 radical (unpaired) electrons. The number of hydrogen-bond acceptors (Lipinski definition) is 5. The summed E-state index contributed by atoms with van der Waals surface area (Å²) in [5.74, 6) is -0.156. The normalized spacial score (nSPS) is 14.4. The minimum Gasteiger partial charge on any atom is -0.465 e. The summed E-state index contributed by atoms with van der Waals surface area (Å²) in [5.41, 5.74) is -0.577. The van der Waals surface area contributed by atoms with E-state index in [9.17, 15) is 4.79 Å². The van der Waals surface area contributed by atoms with Gasteiger partial charge in [-0.25, -0.2) is 0 Å². The second kappa shape index (κ2) is 10.2. The summed E-state index contributed by atoms with van der Waals surface area (Å²) in [6, 6.07) is 0. The van der Waals surface area contributed by atoms with Crippen molar-refractivity contribution < 1.29 is 14.3 Å². The molecule has 0 amide bonds. The number of carbonyl (C=O) groups is 1. The standard InChI is InChI=1S/C14H30N2O3/c1-6-15-14(3,13(17)19-7-2)9-8-10-16(4)11-12-18-5/h15H,6-12H2,1-5H3. The molecular formula is C14H30N2O3. The Hall–Kier alpha value is -0.650. The number of methoxy groups -OCH3 is 1. The molecule has 0 saturated carbocycles. The molecule has 0 heterocycles. The lowest BCUT2D eigenvalue weighted by molar-refractivity contribution is -0.150. The van der Waals surface area contributed by atoms with Crippen molar-refractivity contribution in [2.75, 3.05) is 47.0 Å². The summed E-state index contributed by atoms with van der Waals surface area (Å²) in [4.78, 5) is 14.2. The van der Waals surface area contributed by atoms with E-state index in [0.717, 1.165) is 39.1 Å². The first kappa shape index (κ1) is 18.4. The molecule has 0 aliphatic carbocycles. The van der Waals surface area contributed by atoms with E-state index in [2.05, 4.69) is 17.3 Å². The van der Waals surface area contributed by atoms with Gasteiger partial charge in [0.1, 0.15) is 5.54 Å². The van der Waals surface area contributed by atoms with Crippen molar-refractivity contribution in [2.24, 2.45) is 0 Å². The van der Waals surface area contributed by atoms with Gasteiger partial charge in [0, 0.05) is 13.7 Å². The van der Waals surface area contributed by atoms with E-state index >= 15 is 0 Å². The molecule has 1 unspecified atom stereocenters. The number of likely N-dealkylation sites (N-methyl/N-ethyl adjacent to an activating group) is 2. The predicted molar refractivity (Wildman–Crippen MR) is 77.3 cm³/mol. The van der Waals surface area contributed by atoms with Crippen molar-refractivity contribution in [1.82, 2.24) is 10.2 Å². The van der Waals surface area contributed by atoms with E-state index < -0.39 is 5.54 Å². The SMILES string of the molecule is CCNC(C)(CCCN(C)CCOC)C(=O)OCC. The molecule has 0 bridgehead atoms. The van der Waals surface area contributed by atoms with Crippen LogP contribution >= 0.6 is 0 Å². The van der Waals surface area contributed by atoms with Gasteiger partial charge in [0.05, 0.1) is 13.2 Å². The van der Waals surface area contributed by atoms with Gasteiger partial charge in [0.25, 0.3) is 0 Å². The number of esters is 1. The number of nitrogens with zero attached hydrogens (tertiary/aromatic N) is 1. The molecule has 0 aromatic heterocycles. The molecule has 5 heteroatoms. The van der Waals surface area contributed by atoms with E-state index in [0.29, 0.717) is 6.61 Å². The highest BCUT2D eigenvalue weighted by atomic mass is 16.5. The monoisotopic (exact) mass is 274 g/mol. The molecule has 0 aromatic carbocycles. The Morgan fingerprint density at radius 2 is 2.00 bits per heavy atom. The fraction of sp³-hybridized carbons (Fsp3) is 0.929. The summed E-state index contributed by atoms with van der Waals surface area (Å²) in [6.07, 6.45) is 1.72. The first-order valence-electron chi connectivity index (χ1n) is 7.09. The van der Waals surface area contributed by atoms with Crippen LogP contribution in [0.4, 0.5) is 0 Å². The zero-order valence-electron chi connectivity index (χ0n) is 13.1. The largest absolute Gasteiger partial charge is 0.465 e. The van der Waals surface area contributed by atoms with E-state index in [4.69, 9.17) is 9.47 Å². The summed E-state index contributed by atoms with van der Waals surface area (Å²) in [6.45, 7) is 9.54. The number of ether oxygens (including phenoxy) is 2. The van der Waals surface area contributed by atoms with Crippen LogP contribution in [0.5, 0.6) is 0 Å². The molecule has 1 N–H and O–H groups in total. The number of hydrogen-bond donors (Lipinski definition) is 1. The van der Waals surface area contributed by atoms with Gasteiger partial charge in [-0.3, -0.25) is 4.79 Å². The second-order valence-corrected chi connectivity index (χ2v) is 4.98. The van der Waals surface area contributed by atoms with Crippen molar-refractivity contribution in [1.29, 1.82) is 0 Å². The summed E-state index contributed by atoms with van der Waals surface area (Å²) in [5, 5.41) is 3.24. The molecule has 0 aromatic rings. The molecule has 1 atom stereocenters. The van der Waals surface area contributed by atoms with Crippen LogP contribution in [0.25, 0.3) is 0 Å². The van der Waals surface area contributed by atoms with Crippen LogP contribution in [-0.4, -0.2) is 63.4 Å². The Bertz CT molecular complexity index is 249. The Kier molecular flexibility index (Phi) is 9.83. The van der Waals surface area contributed by atoms with Crippen LogP contribution in [0.1, 0.15) is 33.6 Å². The van der Waals surface area contributed by atoms with Crippen LogP contribution in [-0.2, 0) is 14.3 Å². The lowest BCUT2D eigenvalue weighted by Gasteiger charge is -2.29. The number of rotatable bonds is 11. The van der Waals surface area contributed by atoms with E-state index in [1.54, 1.807) is 7.11 Å². The van der Waals surface area contributed by atoms with Crippen LogP contribution in [0.15, 0.2) is 0 Å². The van der Waals surface area contributed by atoms with Gasteiger partial charge in [0.2, 0.25) is 0 Å². The Morgan fingerprint density at radius 1 is 1.32 bits per heavy atom. The van der Waals surface area contributed by atoms with Crippen LogP contribution in [0.3, 0.4) is 0 Å². The Balaban J connectivity index is 4.16. The molecule has 5 nitrogen and oxygen atoms in total. The molecular weight excluding hydrogens is 244 g/mol. The third kappa shape index (κ3) is 7.50. The summed E-state index contributed by atoms with van der Waals surface area (Å²) < 4.78 is 10.2. The van der Waals surface area contributed by atoms with E-state index in [1.165, 1.54) is 0 Å². The molecule has 0 fully saturated rings. The van der Waals surface area contributed by atoms with Crippen LogP contribution < -0.4 is 5.32 Å². The quantitative estimate of drug-likeness (QED) is 0.575. The van der Waals surface area contributed by atoms with Gasteiger partial charge < -0.3 is 19.7 Å². The highest BCUT2D eigenvalue weighted by Gasteiger charge is 2.33. The molecule has 0 spiro atoms. The maximum Gasteiger partial charge on any atom is 0.326 e. The smallest absolute Gasteiger partial charge is 0.326 e. The van der Waals surface area contributed by atoms with Crippen molar-refractivity contribution in [3.63, 3.8) is 0 Å². The Morgan fingerprint density at radius 3 is 2.53 bits per heavy atom. The fourth-order valence-electron chi connectivity index (χ4n) is 2.00. The van der Waals surface area contributed by atoms with Gasteiger partial charge in [-0.2, -0.15) is 0 Å². The predicted octanol–water partition coefficient (Wildman–Crippen LogP) is 1.28. The van der Waals surface area contributed by atoms with Gasteiger partial charge in [-0.15, -0.1) is 0 Å². The van der Waals surface area contributed by atoms with Gasteiger partial charge in [-0.05, 0) is 46.8 Å². The molecule has 0 aliphatic heterocycles. The lowest BCUT2D eigenvalue weighted by atomic mass is 9.95. The number of carbonyl (C=O) groups excluding carboxylic acids is 1. The van der Waals surface area contributed by atoms with E-state index in [1.807, 2.05) is 20.8 Å². The van der Waals surface area contributed by atoms with Crippen LogP contribution in [0.2, 0.25) is 0 Å². The molecule has 0 aliphatic rings. The van der Waals surface area contributed by atoms with Crippen molar-refractivity contribution >= 4 is 5.97 Å². The topological polar surface area (TPSA) is 50.8 Å². The van der Waals surface area contributed by atoms with Gasteiger partial charge >= 0.3 is 5.97 Å². The molecule has 0 rings (SSSR count). The second-order valence-electron chi connectivity index (χ2n) is 4.98. The van der Waals surface area contributed by atoms with Crippen molar-refractivity contribution in [2.45, 2.75) is 39.2 Å². The third-order valence-electron chi connectivity index (χ3n) is 3.19. The highest BCUT2D eigenvalue weighted by molar-refractivity contribution is 5.80. The van der Waals surface area contributed by atoms with Gasteiger partial charge in [0.15, 0.2) is 0 Å². The van der Waals surface area contributed by atoms with E-state index in [-0.39, 0.29) is 5.97 Å². The third-order valence-corrected chi connectivity index (χ3v) is 3.19. The first-order chi connectivity index (χ1) is 9.00. The molecule has 0 saturated heterocycles. The van der Waals surface area contributed by atoms with Gasteiger partial charge in [-0.1, -0.05) is 6.92 Å². The maximum atomic E-state index is 12.0. The van der Waals surface area contributed by atoms with Crippen molar-refractivity contribution in [3.8, 4) is 0 Å². The molecule has 19 heavy (non-hydrogen) atoms. The average Bonchev–Trinajstić information content (AvgIpc) is 2.37. The minimum absolute atomic E-state index is 0.156. The highest BCUT2D eigenvalue weighted by Crippen LogP contribution is 2.15. The average molecular weight is 274 g/mol. The van der Waals surface area contributed by atoms with Crippen molar-refractivity contribution in [3.05, 3.63) is 0 Å². The zero-order valence-corrected chi connectivity index (χ0v) is 13.1. The molecule has 114 valence electrons. The Labute approximate surface area is 117 Å². The maximum absolute atomic E-state index is 12.0. The minimum atomic E-state index is -0.577. The first-order valence-corrected chi connectivity index (χ1v) is 7.09. The van der Waals surface area contributed by atoms with Crippen LogP contribution in [0, 0.1) is 0 Å². The fourth-order valence-corrected chi connectivity index (χ4v) is 2.00. The zero-order chi connectivity index (χ0) is 14.7. The summed E-state index contributed by atoms with van der Waals surface area (Å²) >= 11 is 0. The summed E-state index contributed by atoms with van der Waals surface area (Å²) in [7, 11) is 3.77. The number of nitrogens with one attached hydrogen (secondary N) is 1. The lowest BCUT2D eigenvalue weighted by Crippen LogP contribution is -2.50.